The number of amides is 3. The zero-order valence-corrected chi connectivity index (χ0v) is 23.5. The van der Waals surface area contributed by atoms with Gasteiger partial charge in [-0.1, -0.05) is 55.5 Å². The average molecular weight is 539 g/mol. The molecule has 3 rings (SSSR count). The maximum atomic E-state index is 13.6. The predicted molar refractivity (Wildman–Crippen MR) is 152 cm³/mol. The second-order valence-electron chi connectivity index (χ2n) is 10.6. The van der Waals surface area contributed by atoms with Crippen molar-refractivity contribution >= 4 is 39.1 Å². The number of likely N-dealkylation sites (N-methyl/N-ethyl adjacent to an activating group) is 1. The van der Waals surface area contributed by atoms with Crippen LogP contribution in [0.1, 0.15) is 31.9 Å². The lowest BCUT2D eigenvalue weighted by Crippen LogP contribution is -2.62. The van der Waals surface area contributed by atoms with Crippen LogP contribution in [0.4, 0.5) is 0 Å². The van der Waals surface area contributed by atoms with Gasteiger partial charge in [0.2, 0.25) is 17.7 Å². The lowest BCUT2D eigenvalue weighted by molar-refractivity contribution is -0.146. The van der Waals surface area contributed by atoms with Crippen LogP contribution in [0.5, 0.6) is 0 Å². The number of nitrogens with one attached hydrogen (secondary N) is 1. The molecule has 1 aromatic heterocycles. The zero-order valence-electron chi connectivity index (χ0n) is 22.7. The number of nitrogens with zero attached hydrogens (tertiary/aromatic N) is 1. The summed E-state index contributed by atoms with van der Waals surface area (Å²) >= 11 is 1.52. The first-order valence-corrected chi connectivity index (χ1v) is 13.4. The van der Waals surface area contributed by atoms with Crippen LogP contribution in [0, 0.1) is 5.92 Å². The van der Waals surface area contributed by atoms with Crippen molar-refractivity contribution in [3.8, 4) is 0 Å². The molecular weight excluding hydrogens is 500 g/mol. The molecule has 0 aliphatic carbocycles. The van der Waals surface area contributed by atoms with E-state index in [0.717, 1.165) is 21.2 Å². The molecule has 3 amide bonds. The smallest absolute Gasteiger partial charge is 0.249 e. The number of rotatable bonds is 12. The molecule has 1 heterocycles. The SMILES string of the molecule is CNC(=O)C(Cc1ccccc1)C(C)(c1csc2ccccc12)C(C(N)=O)N(C)C(=O)COCC(C)(C)N. The Bertz CT molecular complexity index is 1270. The number of primary amides is 1. The minimum Gasteiger partial charge on any atom is -0.370 e. The molecule has 38 heavy (non-hydrogen) atoms. The summed E-state index contributed by atoms with van der Waals surface area (Å²) in [5.41, 5.74) is 12.0. The number of ether oxygens (including phenoxy) is 1. The van der Waals surface area contributed by atoms with E-state index in [1.165, 1.54) is 23.3 Å². The molecule has 0 radical (unpaired) electrons. The molecule has 9 heteroatoms. The van der Waals surface area contributed by atoms with Crippen LogP contribution < -0.4 is 16.8 Å². The molecule has 3 unspecified atom stereocenters. The fourth-order valence-corrected chi connectivity index (χ4v) is 6.15. The van der Waals surface area contributed by atoms with Gasteiger partial charge in [0.25, 0.3) is 0 Å². The van der Waals surface area contributed by atoms with Crippen LogP contribution in [-0.2, 0) is 31.0 Å². The molecule has 8 nitrogen and oxygen atoms in total. The van der Waals surface area contributed by atoms with Gasteiger partial charge in [-0.15, -0.1) is 11.3 Å². The summed E-state index contributed by atoms with van der Waals surface area (Å²) in [6.45, 7) is 5.33. The minimum atomic E-state index is -1.18. The molecule has 0 fully saturated rings. The highest BCUT2D eigenvalue weighted by molar-refractivity contribution is 7.17. The molecule has 3 aromatic rings. The summed E-state index contributed by atoms with van der Waals surface area (Å²) in [5, 5.41) is 5.66. The second-order valence-corrected chi connectivity index (χ2v) is 11.5. The van der Waals surface area contributed by atoms with Crippen molar-refractivity contribution in [2.45, 2.75) is 44.2 Å². The number of hydrogen-bond acceptors (Lipinski definition) is 6. The molecule has 3 atom stereocenters. The molecule has 0 saturated heterocycles. The molecule has 204 valence electrons. The Morgan fingerprint density at radius 3 is 2.29 bits per heavy atom. The third kappa shape index (κ3) is 6.40. The Balaban J connectivity index is 2.17. The van der Waals surface area contributed by atoms with Crippen LogP contribution in [-0.4, -0.2) is 61.5 Å². The highest BCUT2D eigenvalue weighted by atomic mass is 32.1. The standard InChI is InChI=1S/C29H38N4O4S/c1-28(2,31)18-37-16-24(34)33(5)25(26(30)35)29(3,22-17-38-23-14-10-9-13-20(22)23)21(27(36)32-4)15-19-11-7-6-8-12-19/h6-14,17,21,25H,15-16,18,31H2,1-5H3,(H2,30,35)(H,32,36). The fourth-order valence-electron chi connectivity index (χ4n) is 5.06. The van der Waals surface area contributed by atoms with Crippen molar-refractivity contribution in [1.82, 2.24) is 10.2 Å². The average Bonchev–Trinajstić information content (AvgIpc) is 3.31. The van der Waals surface area contributed by atoms with Gasteiger partial charge in [0.1, 0.15) is 12.6 Å². The van der Waals surface area contributed by atoms with E-state index < -0.39 is 34.7 Å². The second kappa shape index (κ2) is 12.1. The number of carbonyl (C=O) groups is 3. The fraction of sp³-hybridized carbons (Fsp3) is 0.414. The third-order valence-electron chi connectivity index (χ3n) is 6.95. The van der Waals surface area contributed by atoms with Gasteiger partial charge in [0, 0.05) is 29.7 Å². The Labute approximate surface area is 228 Å². The quantitative estimate of drug-likeness (QED) is 0.327. The first-order valence-electron chi connectivity index (χ1n) is 12.5. The Kier molecular flexibility index (Phi) is 9.30. The number of carbonyl (C=O) groups excluding carboxylic acids is 3. The van der Waals surface area contributed by atoms with Gasteiger partial charge in [0.05, 0.1) is 12.5 Å². The first kappa shape index (κ1) is 29.3. The van der Waals surface area contributed by atoms with Crippen LogP contribution in [0.3, 0.4) is 0 Å². The van der Waals surface area contributed by atoms with E-state index >= 15 is 0 Å². The Morgan fingerprint density at radius 1 is 1.05 bits per heavy atom. The van der Waals surface area contributed by atoms with Gasteiger partial charge in [-0.3, -0.25) is 14.4 Å². The normalized spacial score (nSPS) is 14.9. The molecule has 5 N–H and O–H groups in total. The highest BCUT2D eigenvalue weighted by Gasteiger charge is 2.52. The summed E-state index contributed by atoms with van der Waals surface area (Å²) in [4.78, 5) is 41.5. The van der Waals surface area contributed by atoms with Gasteiger partial charge in [-0.2, -0.15) is 0 Å². The monoisotopic (exact) mass is 538 g/mol. The first-order chi connectivity index (χ1) is 17.9. The number of fused-ring (bicyclic) bond motifs is 1. The van der Waals surface area contributed by atoms with Crippen molar-refractivity contribution in [3.05, 3.63) is 71.1 Å². The van der Waals surface area contributed by atoms with E-state index in [9.17, 15) is 14.4 Å². The maximum absolute atomic E-state index is 13.6. The van der Waals surface area contributed by atoms with Gasteiger partial charge in [-0.25, -0.2) is 0 Å². The van der Waals surface area contributed by atoms with E-state index in [0.29, 0.717) is 6.42 Å². The van der Waals surface area contributed by atoms with Gasteiger partial charge in [-0.05, 0) is 48.2 Å². The van der Waals surface area contributed by atoms with Crippen LogP contribution >= 0.6 is 11.3 Å². The lowest BCUT2D eigenvalue weighted by atomic mass is 9.63. The summed E-state index contributed by atoms with van der Waals surface area (Å²) in [7, 11) is 3.11. The van der Waals surface area contributed by atoms with Crippen LogP contribution in [0.15, 0.2) is 60.0 Å². The lowest BCUT2D eigenvalue weighted by Gasteiger charge is -2.45. The molecular formula is C29H38N4O4S. The number of nitrogens with two attached hydrogens (primary N) is 2. The number of thiophene rings is 1. The molecule has 0 spiro atoms. The third-order valence-corrected chi connectivity index (χ3v) is 7.91. The molecule has 0 aliphatic heterocycles. The van der Waals surface area contributed by atoms with Crippen molar-refractivity contribution in [1.29, 1.82) is 0 Å². The minimum absolute atomic E-state index is 0.162. The number of benzene rings is 2. The predicted octanol–water partition coefficient (Wildman–Crippen LogP) is 2.83. The summed E-state index contributed by atoms with van der Waals surface area (Å²) < 4.78 is 6.57. The van der Waals surface area contributed by atoms with E-state index in [1.54, 1.807) is 20.9 Å². The van der Waals surface area contributed by atoms with Gasteiger partial charge in [0.15, 0.2) is 0 Å². The summed E-state index contributed by atoms with van der Waals surface area (Å²) in [6.07, 6.45) is 0.338. The van der Waals surface area contributed by atoms with Crippen molar-refractivity contribution in [3.63, 3.8) is 0 Å². The zero-order chi connectivity index (χ0) is 28.1. The van der Waals surface area contributed by atoms with E-state index in [-0.39, 0.29) is 19.1 Å². The Morgan fingerprint density at radius 2 is 1.68 bits per heavy atom. The van der Waals surface area contributed by atoms with Gasteiger partial charge >= 0.3 is 0 Å². The molecule has 0 aliphatic rings. The summed E-state index contributed by atoms with van der Waals surface area (Å²) in [5.74, 6) is -2.12. The topological polar surface area (TPSA) is 128 Å². The maximum Gasteiger partial charge on any atom is 0.249 e. The van der Waals surface area contributed by atoms with Gasteiger partial charge < -0.3 is 26.4 Å². The van der Waals surface area contributed by atoms with Crippen LogP contribution in [0.25, 0.3) is 10.1 Å². The van der Waals surface area contributed by atoms with E-state index in [2.05, 4.69) is 5.32 Å². The number of hydrogen-bond donors (Lipinski definition) is 3. The Hall–Kier alpha value is -3.27. The molecule has 0 saturated carbocycles. The van der Waals surface area contributed by atoms with Crippen molar-refractivity contribution < 1.29 is 19.1 Å². The molecule has 2 aromatic carbocycles. The van der Waals surface area contributed by atoms with E-state index in [4.69, 9.17) is 16.2 Å². The van der Waals surface area contributed by atoms with Crippen molar-refractivity contribution in [2.24, 2.45) is 17.4 Å². The van der Waals surface area contributed by atoms with Crippen LogP contribution in [0.2, 0.25) is 0 Å². The van der Waals surface area contributed by atoms with Crippen molar-refractivity contribution in [2.75, 3.05) is 27.3 Å². The largest absolute Gasteiger partial charge is 0.370 e. The summed E-state index contributed by atoms with van der Waals surface area (Å²) in [6, 6.07) is 16.3. The molecule has 0 bridgehead atoms. The van der Waals surface area contributed by atoms with E-state index in [1.807, 2.05) is 66.9 Å². The highest BCUT2D eigenvalue weighted by Crippen LogP contribution is 2.45.